The van der Waals surface area contributed by atoms with Crippen molar-refractivity contribution in [2.75, 3.05) is 7.11 Å². The van der Waals surface area contributed by atoms with Gasteiger partial charge in [-0.15, -0.1) is 0 Å². The van der Waals surface area contributed by atoms with Crippen LogP contribution in [0.25, 0.3) is 5.69 Å². The van der Waals surface area contributed by atoms with Crippen LogP contribution in [0, 0.1) is 5.41 Å². The zero-order valence-electron chi connectivity index (χ0n) is 12.6. The molecular weight excluding hydrogens is 268 g/mol. The predicted octanol–water partition coefficient (Wildman–Crippen LogP) is 2.89. The van der Waals surface area contributed by atoms with E-state index in [1.165, 1.54) is 18.0 Å². The Morgan fingerprint density at radius 3 is 2.29 bits per heavy atom. The minimum absolute atomic E-state index is 0.148. The number of aromatic nitrogens is 2. The van der Waals surface area contributed by atoms with Crippen molar-refractivity contribution in [3.8, 4) is 5.69 Å². The zero-order valence-corrected chi connectivity index (χ0v) is 12.6. The van der Waals surface area contributed by atoms with Crippen molar-refractivity contribution in [2.24, 2.45) is 5.41 Å². The number of hydrogen-bond donors (Lipinski definition) is 0. The normalized spacial score (nSPS) is 11.2. The molecule has 0 bridgehead atoms. The second-order valence-corrected chi connectivity index (χ2v) is 5.72. The first-order valence-corrected chi connectivity index (χ1v) is 6.63. The molecule has 0 aliphatic heterocycles. The number of carbonyl (C=O) groups excluding carboxylic acids is 2. The highest BCUT2D eigenvalue weighted by Crippen LogP contribution is 2.25. The number of esters is 1. The number of nitrogens with zero attached hydrogens (tertiary/aromatic N) is 2. The van der Waals surface area contributed by atoms with Gasteiger partial charge in [0.15, 0.2) is 11.5 Å². The fourth-order valence-electron chi connectivity index (χ4n) is 1.98. The molecule has 0 amide bonds. The third-order valence-electron chi connectivity index (χ3n) is 3.07. The van der Waals surface area contributed by atoms with Gasteiger partial charge in [-0.3, -0.25) is 4.79 Å². The lowest BCUT2D eigenvalue weighted by molar-refractivity contribution is 0.0584. The van der Waals surface area contributed by atoms with Gasteiger partial charge < -0.3 is 4.74 Å². The van der Waals surface area contributed by atoms with Crippen LogP contribution in [0.2, 0.25) is 0 Å². The summed E-state index contributed by atoms with van der Waals surface area (Å²) in [5.41, 5.74) is 0.528. The Morgan fingerprint density at radius 1 is 1.14 bits per heavy atom. The SMILES string of the molecule is COC(=O)c1c(C(=O)C(C)(C)C)cnn1-c1ccccc1. The zero-order chi connectivity index (χ0) is 15.6. The summed E-state index contributed by atoms with van der Waals surface area (Å²) in [6, 6.07) is 9.16. The van der Waals surface area contributed by atoms with E-state index in [1.807, 2.05) is 30.3 Å². The Hall–Kier alpha value is -2.43. The van der Waals surface area contributed by atoms with Crippen LogP contribution in [0.4, 0.5) is 0 Å². The second-order valence-electron chi connectivity index (χ2n) is 5.72. The molecule has 1 heterocycles. The average molecular weight is 286 g/mol. The van der Waals surface area contributed by atoms with Gasteiger partial charge in [-0.2, -0.15) is 5.10 Å². The number of Topliss-reactive ketones (excluding diaryl/α,β-unsaturated/α-hetero) is 1. The summed E-state index contributed by atoms with van der Waals surface area (Å²) in [5, 5.41) is 4.19. The molecule has 5 heteroatoms. The van der Waals surface area contributed by atoms with E-state index in [-0.39, 0.29) is 17.0 Å². The van der Waals surface area contributed by atoms with Crippen LogP contribution in [0.5, 0.6) is 0 Å². The van der Waals surface area contributed by atoms with Crippen LogP contribution in [-0.4, -0.2) is 28.6 Å². The van der Waals surface area contributed by atoms with E-state index in [9.17, 15) is 9.59 Å². The number of para-hydroxylation sites is 1. The molecule has 0 radical (unpaired) electrons. The van der Waals surface area contributed by atoms with Gasteiger partial charge in [-0.1, -0.05) is 39.0 Å². The van der Waals surface area contributed by atoms with Crippen molar-refractivity contribution < 1.29 is 14.3 Å². The highest BCUT2D eigenvalue weighted by atomic mass is 16.5. The lowest BCUT2D eigenvalue weighted by Crippen LogP contribution is -2.23. The molecule has 0 fully saturated rings. The Balaban J connectivity index is 2.62. The topological polar surface area (TPSA) is 61.2 Å². The van der Waals surface area contributed by atoms with Gasteiger partial charge in [0.05, 0.1) is 24.6 Å². The number of rotatable bonds is 3. The van der Waals surface area contributed by atoms with Crippen molar-refractivity contribution in [1.82, 2.24) is 9.78 Å². The number of hydrogen-bond acceptors (Lipinski definition) is 4. The van der Waals surface area contributed by atoms with Crippen LogP contribution in [0.3, 0.4) is 0 Å². The molecule has 0 spiro atoms. The minimum atomic E-state index is -0.604. The Labute approximate surface area is 123 Å². The Bertz CT molecular complexity index is 667. The van der Waals surface area contributed by atoms with Gasteiger partial charge in [0.25, 0.3) is 0 Å². The van der Waals surface area contributed by atoms with Crippen molar-refractivity contribution in [2.45, 2.75) is 20.8 Å². The fourth-order valence-corrected chi connectivity index (χ4v) is 1.98. The second kappa shape index (κ2) is 5.52. The molecule has 2 aromatic rings. The highest BCUT2D eigenvalue weighted by Gasteiger charge is 2.31. The first kappa shape index (κ1) is 15.0. The maximum absolute atomic E-state index is 12.5. The van der Waals surface area contributed by atoms with Gasteiger partial charge in [0.1, 0.15) is 0 Å². The van der Waals surface area contributed by atoms with Gasteiger partial charge in [0, 0.05) is 5.41 Å². The Kier molecular flexibility index (Phi) is 3.93. The number of ketones is 1. The molecule has 21 heavy (non-hydrogen) atoms. The van der Waals surface area contributed by atoms with Crippen molar-refractivity contribution in [3.05, 3.63) is 47.8 Å². The molecule has 0 aliphatic rings. The predicted molar refractivity (Wildman–Crippen MR) is 78.7 cm³/mol. The molecule has 1 aromatic carbocycles. The van der Waals surface area contributed by atoms with E-state index in [2.05, 4.69) is 5.10 Å². The minimum Gasteiger partial charge on any atom is -0.464 e. The average Bonchev–Trinajstić information content (AvgIpc) is 2.90. The summed E-state index contributed by atoms with van der Waals surface area (Å²) in [6.07, 6.45) is 1.42. The van der Waals surface area contributed by atoms with E-state index in [0.29, 0.717) is 5.69 Å². The lowest BCUT2D eigenvalue weighted by atomic mass is 9.86. The molecule has 0 N–H and O–H groups in total. The van der Waals surface area contributed by atoms with Crippen molar-refractivity contribution >= 4 is 11.8 Å². The lowest BCUT2D eigenvalue weighted by Gasteiger charge is -2.16. The van der Waals surface area contributed by atoms with E-state index in [0.717, 1.165) is 0 Å². The molecule has 0 saturated heterocycles. The Morgan fingerprint density at radius 2 is 1.76 bits per heavy atom. The molecule has 5 nitrogen and oxygen atoms in total. The maximum Gasteiger partial charge on any atom is 0.357 e. The molecular formula is C16H18N2O3. The summed E-state index contributed by atoms with van der Waals surface area (Å²) < 4.78 is 6.24. The van der Waals surface area contributed by atoms with Crippen LogP contribution in [-0.2, 0) is 4.74 Å². The smallest absolute Gasteiger partial charge is 0.357 e. The summed E-state index contributed by atoms with van der Waals surface area (Å²) in [5.74, 6) is -0.728. The molecule has 1 aromatic heterocycles. The molecule has 0 aliphatic carbocycles. The molecule has 0 unspecified atom stereocenters. The van der Waals surface area contributed by atoms with E-state index in [1.54, 1.807) is 20.8 Å². The van der Waals surface area contributed by atoms with Crippen LogP contribution < -0.4 is 0 Å². The number of methoxy groups -OCH3 is 1. The van der Waals surface area contributed by atoms with Gasteiger partial charge in [-0.25, -0.2) is 9.48 Å². The monoisotopic (exact) mass is 286 g/mol. The van der Waals surface area contributed by atoms with Crippen molar-refractivity contribution in [1.29, 1.82) is 0 Å². The third-order valence-corrected chi connectivity index (χ3v) is 3.07. The molecule has 110 valence electrons. The number of carbonyl (C=O) groups is 2. The van der Waals surface area contributed by atoms with E-state index >= 15 is 0 Å². The maximum atomic E-state index is 12.5. The van der Waals surface area contributed by atoms with Crippen LogP contribution >= 0.6 is 0 Å². The largest absolute Gasteiger partial charge is 0.464 e. The molecule has 2 rings (SSSR count). The standard InChI is InChI=1S/C16H18N2O3/c1-16(2,3)14(19)12-10-17-18(13(12)15(20)21-4)11-8-6-5-7-9-11/h5-10H,1-4H3. The molecule has 0 saturated carbocycles. The summed E-state index contributed by atoms with van der Waals surface area (Å²) >= 11 is 0. The fraction of sp³-hybridized carbons (Fsp3) is 0.312. The van der Waals surface area contributed by atoms with Gasteiger partial charge in [-0.05, 0) is 12.1 Å². The van der Waals surface area contributed by atoms with E-state index in [4.69, 9.17) is 4.74 Å². The highest BCUT2D eigenvalue weighted by molar-refractivity contribution is 6.07. The quantitative estimate of drug-likeness (QED) is 0.643. The summed E-state index contributed by atoms with van der Waals surface area (Å²) in [6.45, 7) is 5.41. The van der Waals surface area contributed by atoms with Gasteiger partial charge in [0.2, 0.25) is 0 Å². The first-order valence-electron chi connectivity index (χ1n) is 6.63. The van der Waals surface area contributed by atoms with Crippen LogP contribution in [0.1, 0.15) is 41.6 Å². The number of benzene rings is 1. The summed E-state index contributed by atoms with van der Waals surface area (Å²) in [4.78, 5) is 24.6. The third kappa shape index (κ3) is 2.86. The summed E-state index contributed by atoms with van der Waals surface area (Å²) in [7, 11) is 1.29. The van der Waals surface area contributed by atoms with Gasteiger partial charge >= 0.3 is 5.97 Å². The van der Waals surface area contributed by atoms with Crippen LogP contribution in [0.15, 0.2) is 36.5 Å². The van der Waals surface area contributed by atoms with E-state index < -0.39 is 11.4 Å². The molecule has 0 atom stereocenters. The number of ether oxygens (including phenoxy) is 1. The van der Waals surface area contributed by atoms with Crippen molar-refractivity contribution in [3.63, 3.8) is 0 Å². The first-order chi connectivity index (χ1) is 9.86.